The Morgan fingerprint density at radius 2 is 2.03 bits per heavy atom. The third-order valence-electron chi connectivity index (χ3n) is 5.97. The predicted molar refractivity (Wildman–Crippen MR) is 119 cm³/mol. The molecule has 2 aliphatic heterocycles. The van der Waals surface area contributed by atoms with Crippen LogP contribution in [-0.2, 0) is 23.9 Å². The van der Waals surface area contributed by atoms with E-state index in [4.69, 9.17) is 21.1 Å². The molecule has 0 unspecified atom stereocenters. The van der Waals surface area contributed by atoms with Gasteiger partial charge >= 0.3 is 5.97 Å². The molecule has 4 atom stereocenters. The number of carbonyl (C=O) groups is 3. The lowest BCUT2D eigenvalue weighted by Crippen LogP contribution is -2.47. The first-order valence-corrected chi connectivity index (χ1v) is 10.8. The summed E-state index contributed by atoms with van der Waals surface area (Å²) in [6.45, 7) is 9.48. The fourth-order valence-corrected chi connectivity index (χ4v) is 4.50. The Labute approximate surface area is 187 Å². The third-order valence-corrected chi connectivity index (χ3v) is 6.35. The first kappa shape index (κ1) is 23.0. The predicted octanol–water partition coefficient (Wildman–Crippen LogP) is 5.10. The van der Waals surface area contributed by atoms with E-state index in [1.807, 2.05) is 13.0 Å². The monoisotopic (exact) mass is 442 g/mol. The summed E-state index contributed by atoms with van der Waals surface area (Å²) in [6, 6.07) is 0. The van der Waals surface area contributed by atoms with Crippen molar-refractivity contribution in [1.82, 2.24) is 0 Å². The number of carbonyl (C=O) groups excluding carboxylic acids is 3. The van der Waals surface area contributed by atoms with Crippen LogP contribution in [0.5, 0.6) is 0 Å². The van der Waals surface area contributed by atoms with E-state index in [0.717, 1.165) is 12.0 Å². The Hall–Kier alpha value is -2.66. The zero-order valence-corrected chi connectivity index (χ0v) is 19.2. The Bertz CT molecular complexity index is 1010. The molecule has 0 saturated carbocycles. The molecule has 0 aromatic carbocycles. The number of ether oxygens (including phenoxy) is 2. The second-order valence-corrected chi connectivity index (χ2v) is 8.69. The lowest BCUT2D eigenvalue weighted by atomic mass is 9.67. The first-order chi connectivity index (χ1) is 14.6. The van der Waals surface area contributed by atoms with Crippen LogP contribution in [0.3, 0.4) is 0 Å². The second kappa shape index (κ2) is 8.83. The van der Waals surface area contributed by atoms with Crippen molar-refractivity contribution in [1.29, 1.82) is 0 Å². The molecule has 0 radical (unpaired) electrons. The van der Waals surface area contributed by atoms with Crippen molar-refractivity contribution in [2.75, 3.05) is 0 Å². The summed E-state index contributed by atoms with van der Waals surface area (Å²) >= 11 is 6.41. The number of esters is 1. The highest BCUT2D eigenvalue weighted by atomic mass is 35.5. The summed E-state index contributed by atoms with van der Waals surface area (Å²) in [4.78, 5) is 38.2. The summed E-state index contributed by atoms with van der Waals surface area (Å²) in [5.41, 5.74) is 0.531. The van der Waals surface area contributed by atoms with Crippen molar-refractivity contribution in [3.05, 3.63) is 70.2 Å². The number of fused-ring (bicyclic) bond motifs is 3. The van der Waals surface area contributed by atoms with E-state index in [0.29, 0.717) is 22.8 Å². The summed E-state index contributed by atoms with van der Waals surface area (Å²) < 4.78 is 11.2. The van der Waals surface area contributed by atoms with Crippen molar-refractivity contribution >= 4 is 29.1 Å². The molecule has 0 N–H and O–H groups in total. The summed E-state index contributed by atoms with van der Waals surface area (Å²) in [6.07, 6.45) is 13.0. The fraction of sp³-hybridized carbons (Fsp3) is 0.400. The number of halogens is 1. The van der Waals surface area contributed by atoms with Gasteiger partial charge in [-0.1, -0.05) is 55.7 Å². The van der Waals surface area contributed by atoms with Gasteiger partial charge in [0.1, 0.15) is 11.7 Å². The van der Waals surface area contributed by atoms with E-state index in [9.17, 15) is 14.4 Å². The topological polar surface area (TPSA) is 69.7 Å². The van der Waals surface area contributed by atoms with Gasteiger partial charge in [0, 0.05) is 11.1 Å². The van der Waals surface area contributed by atoms with Gasteiger partial charge in [0.15, 0.2) is 11.4 Å². The maximum atomic E-state index is 13.1. The Kier molecular flexibility index (Phi) is 6.56. The van der Waals surface area contributed by atoms with Crippen LogP contribution >= 0.6 is 11.6 Å². The summed E-state index contributed by atoms with van der Waals surface area (Å²) in [5.74, 6) is -2.59. The van der Waals surface area contributed by atoms with Crippen LogP contribution in [0.2, 0.25) is 0 Å². The normalized spacial score (nSPS) is 29.4. The van der Waals surface area contributed by atoms with Crippen molar-refractivity contribution in [3.63, 3.8) is 0 Å². The standard InChI is InChI=1S/C25H27ClO5/c1-6-8-19(27)20-21-18-13-30-16(10-9-15(4)11-14(3)7-2)12-17(18)22(26)23(28)25(21,5)31-24(20)29/h6,8-14,20-21H,7H2,1-5H3/b8-6+,10-9+,15-11+/t14-,20-,21-,25+/m1/s1. The highest BCUT2D eigenvalue weighted by Gasteiger charge is 2.63. The second-order valence-electron chi connectivity index (χ2n) is 8.31. The molecule has 3 aliphatic rings. The molecule has 0 spiro atoms. The first-order valence-electron chi connectivity index (χ1n) is 10.4. The van der Waals surface area contributed by atoms with Crippen LogP contribution in [-0.4, -0.2) is 23.1 Å². The van der Waals surface area contributed by atoms with E-state index in [1.165, 1.54) is 19.3 Å². The zero-order valence-electron chi connectivity index (χ0n) is 18.4. The summed E-state index contributed by atoms with van der Waals surface area (Å²) in [7, 11) is 0. The fourth-order valence-electron chi connectivity index (χ4n) is 4.15. The SMILES string of the molecule is C/C=C/C(=O)[C@H]1C(=O)O[C@]2(C)C(=O)C(Cl)=C3C=C(/C=C/C(C)=C/[C@H](C)CC)OC=C3[C@H]12. The maximum Gasteiger partial charge on any atom is 0.318 e. The molecule has 2 heterocycles. The average Bonchev–Trinajstić information content (AvgIpc) is 3.01. The van der Waals surface area contributed by atoms with Crippen molar-refractivity contribution in [2.45, 2.75) is 46.6 Å². The van der Waals surface area contributed by atoms with Crippen LogP contribution in [0.15, 0.2) is 70.2 Å². The van der Waals surface area contributed by atoms with Crippen molar-refractivity contribution < 1.29 is 23.9 Å². The van der Waals surface area contributed by atoms with Gasteiger partial charge in [-0.05, 0) is 44.9 Å². The van der Waals surface area contributed by atoms with Gasteiger partial charge in [0.05, 0.1) is 17.2 Å². The molecular formula is C25H27ClO5. The van der Waals surface area contributed by atoms with Gasteiger partial charge in [0.2, 0.25) is 5.78 Å². The highest BCUT2D eigenvalue weighted by Crippen LogP contribution is 2.52. The average molecular weight is 443 g/mol. The Balaban J connectivity index is 1.99. The number of hydrogen-bond donors (Lipinski definition) is 0. The number of Topliss-reactive ketones (excluding diaryl/α,β-unsaturated/α-hetero) is 1. The van der Waals surface area contributed by atoms with Crippen LogP contribution in [0, 0.1) is 17.8 Å². The number of allylic oxidation sites excluding steroid dienone is 8. The molecule has 5 nitrogen and oxygen atoms in total. The van der Waals surface area contributed by atoms with Crippen LogP contribution in [0.1, 0.15) is 41.0 Å². The quantitative estimate of drug-likeness (QED) is 0.247. The minimum absolute atomic E-state index is 0.0296. The van der Waals surface area contributed by atoms with Gasteiger partial charge in [-0.3, -0.25) is 14.4 Å². The molecule has 1 fully saturated rings. The van der Waals surface area contributed by atoms with Crippen LogP contribution in [0.25, 0.3) is 0 Å². The Morgan fingerprint density at radius 3 is 2.68 bits per heavy atom. The Morgan fingerprint density at radius 1 is 1.32 bits per heavy atom. The zero-order chi connectivity index (χ0) is 22.9. The van der Waals surface area contributed by atoms with Crippen molar-refractivity contribution in [2.24, 2.45) is 17.8 Å². The van der Waals surface area contributed by atoms with Gasteiger partial charge in [-0.25, -0.2) is 0 Å². The molecule has 31 heavy (non-hydrogen) atoms. The van der Waals surface area contributed by atoms with E-state index in [2.05, 4.69) is 19.9 Å². The minimum Gasteiger partial charge on any atom is -0.465 e. The molecule has 0 bridgehead atoms. The number of rotatable bonds is 6. The number of hydrogen-bond acceptors (Lipinski definition) is 5. The van der Waals surface area contributed by atoms with Gasteiger partial charge in [-0.15, -0.1) is 0 Å². The largest absolute Gasteiger partial charge is 0.465 e. The lowest BCUT2D eigenvalue weighted by Gasteiger charge is -2.36. The van der Waals surface area contributed by atoms with Gasteiger partial charge in [0.25, 0.3) is 0 Å². The summed E-state index contributed by atoms with van der Waals surface area (Å²) in [5, 5.41) is -0.0296. The van der Waals surface area contributed by atoms with Crippen LogP contribution < -0.4 is 0 Å². The van der Waals surface area contributed by atoms with E-state index in [1.54, 1.807) is 25.2 Å². The molecule has 0 amide bonds. The molecule has 0 aromatic heterocycles. The molecular weight excluding hydrogens is 416 g/mol. The van der Waals surface area contributed by atoms with Gasteiger partial charge < -0.3 is 9.47 Å². The van der Waals surface area contributed by atoms with Gasteiger partial charge in [-0.2, -0.15) is 0 Å². The van der Waals surface area contributed by atoms with E-state index < -0.39 is 35.0 Å². The third kappa shape index (κ3) is 4.11. The highest BCUT2D eigenvalue weighted by molar-refractivity contribution is 6.45. The van der Waals surface area contributed by atoms with Crippen LogP contribution in [0.4, 0.5) is 0 Å². The smallest absolute Gasteiger partial charge is 0.318 e. The van der Waals surface area contributed by atoms with Crippen molar-refractivity contribution in [3.8, 4) is 0 Å². The molecule has 164 valence electrons. The molecule has 0 aromatic rings. The molecule has 3 rings (SSSR count). The molecule has 1 saturated heterocycles. The number of ketones is 2. The maximum absolute atomic E-state index is 13.1. The lowest BCUT2D eigenvalue weighted by molar-refractivity contribution is -0.156. The van der Waals surface area contributed by atoms with E-state index in [-0.39, 0.29) is 5.03 Å². The minimum atomic E-state index is -1.54. The molecule has 1 aliphatic carbocycles. The molecule has 6 heteroatoms. The van der Waals surface area contributed by atoms with E-state index >= 15 is 0 Å².